The van der Waals surface area contributed by atoms with E-state index in [4.69, 9.17) is 44.3 Å². The highest BCUT2D eigenvalue weighted by atomic mass is 35.5. The number of fused-ring (bicyclic) bond motifs is 1. The van der Waals surface area contributed by atoms with Crippen LogP contribution in [0.25, 0.3) is 22.0 Å². The number of nitrogens with one attached hydrogen (secondary N) is 2. The van der Waals surface area contributed by atoms with Gasteiger partial charge in [-0.25, -0.2) is 9.97 Å². The molecule has 2 aromatic carbocycles. The molecule has 0 saturated carbocycles. The fourth-order valence-corrected chi connectivity index (χ4v) is 4.93. The Bertz CT molecular complexity index is 1240. The number of ether oxygens (including phenoxy) is 2. The first kappa shape index (κ1) is 24.5. The van der Waals surface area contributed by atoms with E-state index in [1.165, 1.54) is 6.08 Å². The topological polar surface area (TPSA) is 85.4 Å². The lowest BCUT2D eigenvalue weighted by molar-refractivity contribution is -0.117. The summed E-state index contributed by atoms with van der Waals surface area (Å²) in [5.74, 6) is 0.654. The van der Waals surface area contributed by atoms with E-state index in [1.807, 2.05) is 19.1 Å². The molecule has 2 heterocycles. The summed E-state index contributed by atoms with van der Waals surface area (Å²) >= 11 is 20.0. The molecule has 1 aliphatic heterocycles. The first-order valence-corrected chi connectivity index (χ1v) is 11.8. The number of methoxy groups -OCH3 is 1. The van der Waals surface area contributed by atoms with Crippen LogP contribution in [-0.4, -0.2) is 48.3 Å². The Balaban J connectivity index is 1.69. The number of nitrogens with zero attached hydrogens (tertiary/aromatic N) is 2. The molecule has 178 valence electrons. The first-order valence-electron chi connectivity index (χ1n) is 10.6. The third-order valence-corrected chi connectivity index (χ3v) is 6.77. The van der Waals surface area contributed by atoms with Gasteiger partial charge in [-0.15, -0.1) is 0 Å². The molecule has 1 saturated heterocycles. The standard InChI is InChI=1S/C24H23Cl3N4O3/c1-4-12-8-18(33-3)22(27)20(21(12)26)13-6-14-9-28-24(31-23(14)15(25)7-13)30-17-11-34-10-16(17)29-19(32)5-2/h5-9,16-17H,2,4,10-11H2,1,3H3,(H,29,32)(H,28,30,31)/t16-,17+/m0/s1. The highest BCUT2D eigenvalue weighted by Gasteiger charge is 2.30. The van der Waals surface area contributed by atoms with Gasteiger partial charge in [-0.2, -0.15) is 0 Å². The van der Waals surface area contributed by atoms with Crippen LogP contribution in [0.3, 0.4) is 0 Å². The van der Waals surface area contributed by atoms with E-state index >= 15 is 0 Å². The smallest absolute Gasteiger partial charge is 0.243 e. The number of aromatic nitrogens is 2. The molecule has 2 N–H and O–H groups in total. The van der Waals surface area contributed by atoms with E-state index in [0.29, 0.717) is 51.1 Å². The van der Waals surface area contributed by atoms with Crippen LogP contribution in [-0.2, 0) is 16.0 Å². The van der Waals surface area contributed by atoms with Gasteiger partial charge in [0.2, 0.25) is 11.9 Å². The molecule has 0 unspecified atom stereocenters. The number of amides is 1. The molecule has 0 spiro atoms. The summed E-state index contributed by atoms with van der Waals surface area (Å²) in [5.41, 5.74) is 2.87. The number of hydrogen-bond donors (Lipinski definition) is 2. The Morgan fingerprint density at radius 2 is 2.00 bits per heavy atom. The van der Waals surface area contributed by atoms with Gasteiger partial charge in [0.25, 0.3) is 0 Å². The molecule has 2 atom stereocenters. The second-order valence-corrected chi connectivity index (χ2v) is 8.95. The molecule has 10 heteroatoms. The molecular weight excluding hydrogens is 499 g/mol. The highest BCUT2D eigenvalue weighted by molar-refractivity contribution is 6.41. The molecule has 7 nitrogen and oxygen atoms in total. The molecule has 1 fully saturated rings. The monoisotopic (exact) mass is 520 g/mol. The largest absolute Gasteiger partial charge is 0.495 e. The Morgan fingerprint density at radius 1 is 1.24 bits per heavy atom. The normalized spacial score (nSPS) is 17.6. The zero-order chi connectivity index (χ0) is 24.4. The molecule has 1 aliphatic rings. The van der Waals surface area contributed by atoms with Crippen LogP contribution in [0.5, 0.6) is 5.75 Å². The van der Waals surface area contributed by atoms with E-state index in [-0.39, 0.29) is 18.0 Å². The van der Waals surface area contributed by atoms with Gasteiger partial charge in [-0.3, -0.25) is 4.79 Å². The minimum absolute atomic E-state index is 0.193. The van der Waals surface area contributed by atoms with Crippen LogP contribution in [0.4, 0.5) is 5.95 Å². The summed E-state index contributed by atoms with van der Waals surface area (Å²) < 4.78 is 10.9. The van der Waals surface area contributed by atoms with Crippen molar-refractivity contribution in [2.45, 2.75) is 25.4 Å². The summed E-state index contributed by atoms with van der Waals surface area (Å²) in [7, 11) is 1.57. The van der Waals surface area contributed by atoms with Crippen molar-refractivity contribution < 1.29 is 14.3 Å². The lowest BCUT2D eigenvalue weighted by atomic mass is 9.99. The van der Waals surface area contributed by atoms with E-state index in [0.717, 1.165) is 22.9 Å². The molecule has 3 aromatic rings. The van der Waals surface area contributed by atoms with Gasteiger partial charge in [0.05, 0.1) is 53.0 Å². The van der Waals surface area contributed by atoms with Crippen molar-refractivity contribution in [3.8, 4) is 16.9 Å². The van der Waals surface area contributed by atoms with E-state index in [2.05, 4.69) is 27.2 Å². The number of aryl methyl sites for hydroxylation is 1. The number of benzene rings is 2. The number of carbonyl (C=O) groups excluding carboxylic acids is 1. The average Bonchev–Trinajstić information content (AvgIpc) is 3.26. The van der Waals surface area contributed by atoms with Crippen molar-refractivity contribution in [2.24, 2.45) is 0 Å². The first-order chi connectivity index (χ1) is 16.4. The molecule has 0 aliphatic carbocycles. The van der Waals surface area contributed by atoms with Crippen LogP contribution >= 0.6 is 34.8 Å². The lowest BCUT2D eigenvalue weighted by Crippen LogP contribution is -2.45. The van der Waals surface area contributed by atoms with Gasteiger partial charge < -0.3 is 20.1 Å². The van der Waals surface area contributed by atoms with Crippen molar-refractivity contribution in [1.29, 1.82) is 0 Å². The Morgan fingerprint density at radius 3 is 2.71 bits per heavy atom. The fourth-order valence-electron chi connectivity index (χ4n) is 3.89. The second-order valence-electron chi connectivity index (χ2n) is 7.79. The molecule has 1 aromatic heterocycles. The third-order valence-electron chi connectivity index (χ3n) is 5.68. The molecule has 0 bridgehead atoms. The van der Waals surface area contributed by atoms with Crippen LogP contribution in [0.1, 0.15) is 12.5 Å². The van der Waals surface area contributed by atoms with Gasteiger partial charge in [-0.05, 0) is 41.8 Å². The van der Waals surface area contributed by atoms with E-state index in [9.17, 15) is 4.79 Å². The number of hydrogen-bond acceptors (Lipinski definition) is 6. The predicted molar refractivity (Wildman–Crippen MR) is 136 cm³/mol. The number of anilines is 1. The van der Waals surface area contributed by atoms with Gasteiger partial charge in [0, 0.05) is 17.1 Å². The van der Waals surface area contributed by atoms with Crippen molar-refractivity contribution in [2.75, 3.05) is 25.6 Å². The Kier molecular flexibility index (Phi) is 7.48. The quantitative estimate of drug-likeness (QED) is 0.410. The maximum absolute atomic E-state index is 11.7. The lowest BCUT2D eigenvalue weighted by Gasteiger charge is -2.20. The van der Waals surface area contributed by atoms with Gasteiger partial charge in [-0.1, -0.05) is 48.3 Å². The minimum Gasteiger partial charge on any atom is -0.495 e. The van der Waals surface area contributed by atoms with Crippen LogP contribution in [0.2, 0.25) is 15.1 Å². The second kappa shape index (κ2) is 10.4. The summed E-state index contributed by atoms with van der Waals surface area (Å²) in [6.45, 7) is 6.28. The number of rotatable bonds is 7. The molecule has 4 rings (SSSR count). The van der Waals surface area contributed by atoms with Gasteiger partial charge >= 0.3 is 0 Å². The summed E-state index contributed by atoms with van der Waals surface area (Å²) in [4.78, 5) is 20.7. The number of halogens is 3. The van der Waals surface area contributed by atoms with E-state index < -0.39 is 0 Å². The maximum atomic E-state index is 11.7. The molecular formula is C24H23Cl3N4O3. The molecule has 34 heavy (non-hydrogen) atoms. The van der Waals surface area contributed by atoms with Crippen molar-refractivity contribution in [3.05, 3.63) is 57.7 Å². The predicted octanol–water partition coefficient (Wildman–Crippen LogP) is 5.31. The fraction of sp³-hybridized carbons (Fsp3) is 0.292. The van der Waals surface area contributed by atoms with Crippen molar-refractivity contribution in [3.63, 3.8) is 0 Å². The molecule has 0 radical (unpaired) electrons. The van der Waals surface area contributed by atoms with E-state index in [1.54, 1.807) is 19.4 Å². The number of carbonyl (C=O) groups is 1. The average molecular weight is 522 g/mol. The Hall–Kier alpha value is -2.58. The summed E-state index contributed by atoms with van der Waals surface area (Å²) in [6, 6.07) is 5.09. The maximum Gasteiger partial charge on any atom is 0.243 e. The van der Waals surface area contributed by atoms with Crippen LogP contribution in [0, 0.1) is 0 Å². The highest BCUT2D eigenvalue weighted by Crippen LogP contribution is 2.44. The van der Waals surface area contributed by atoms with Gasteiger partial charge in [0.15, 0.2) is 0 Å². The Labute approximate surface area is 212 Å². The van der Waals surface area contributed by atoms with Crippen LogP contribution in [0.15, 0.2) is 37.1 Å². The van der Waals surface area contributed by atoms with Crippen LogP contribution < -0.4 is 15.4 Å². The van der Waals surface area contributed by atoms with Crippen molar-refractivity contribution >= 4 is 57.6 Å². The SMILES string of the molecule is C=CC(=O)N[C@H]1COC[C@H]1Nc1ncc2cc(-c3c(Cl)c(CC)cc(OC)c3Cl)cc(Cl)c2n1. The zero-order valence-electron chi connectivity index (χ0n) is 18.6. The summed E-state index contributed by atoms with van der Waals surface area (Å²) in [6.07, 6.45) is 3.62. The van der Waals surface area contributed by atoms with Gasteiger partial charge in [0.1, 0.15) is 5.75 Å². The summed E-state index contributed by atoms with van der Waals surface area (Å²) in [5, 5.41) is 8.17. The third kappa shape index (κ3) is 4.79. The minimum atomic E-state index is -0.265. The molecule has 1 amide bonds. The van der Waals surface area contributed by atoms with Crippen molar-refractivity contribution in [1.82, 2.24) is 15.3 Å². The zero-order valence-corrected chi connectivity index (χ0v) is 20.9.